The molecule has 138 valence electrons. The van der Waals surface area contributed by atoms with Crippen LogP contribution in [0, 0.1) is 27.7 Å². The van der Waals surface area contributed by atoms with Gasteiger partial charge in [0.2, 0.25) is 0 Å². The van der Waals surface area contributed by atoms with Crippen LogP contribution in [-0.4, -0.2) is 30.8 Å². The molecule has 4 heteroatoms. The number of aliphatic imine (C=N–C) groups is 1. The lowest BCUT2D eigenvalue weighted by Gasteiger charge is -2.15. The first-order chi connectivity index (χ1) is 12.3. The molecule has 0 amide bonds. The van der Waals surface area contributed by atoms with Gasteiger partial charge in [-0.15, -0.1) is 0 Å². The van der Waals surface area contributed by atoms with E-state index < -0.39 is 0 Å². The second-order valence-corrected chi connectivity index (χ2v) is 6.72. The van der Waals surface area contributed by atoms with E-state index in [4.69, 9.17) is 4.74 Å². The van der Waals surface area contributed by atoms with E-state index in [1.54, 1.807) is 0 Å². The maximum Gasteiger partial charge on any atom is 0.338 e. The number of benzene rings is 2. The van der Waals surface area contributed by atoms with Crippen molar-refractivity contribution in [1.82, 2.24) is 4.90 Å². The number of hydrogen-bond donors (Lipinski definition) is 0. The van der Waals surface area contributed by atoms with E-state index in [9.17, 15) is 4.79 Å². The minimum atomic E-state index is -0.296. The Hall–Kier alpha value is -2.62. The monoisotopic (exact) mass is 352 g/mol. The van der Waals surface area contributed by atoms with E-state index in [2.05, 4.69) is 11.9 Å². The van der Waals surface area contributed by atoms with Crippen LogP contribution in [0.2, 0.25) is 0 Å². The average Bonchev–Trinajstić information content (AvgIpc) is 2.63. The van der Waals surface area contributed by atoms with Gasteiger partial charge in [0.15, 0.2) is 0 Å². The molecule has 0 bridgehead atoms. The smallest absolute Gasteiger partial charge is 0.338 e. The molecule has 2 aromatic rings. The number of esters is 1. The molecule has 0 N–H and O–H groups in total. The van der Waals surface area contributed by atoms with Crippen molar-refractivity contribution in [3.8, 4) is 0 Å². The van der Waals surface area contributed by atoms with Crippen LogP contribution < -0.4 is 0 Å². The van der Waals surface area contributed by atoms with Crippen molar-refractivity contribution in [2.24, 2.45) is 4.99 Å². The molecule has 0 radical (unpaired) electrons. The van der Waals surface area contributed by atoms with Gasteiger partial charge in [0.1, 0.15) is 6.61 Å². The van der Waals surface area contributed by atoms with E-state index in [0.717, 1.165) is 34.5 Å². The third-order valence-corrected chi connectivity index (χ3v) is 4.65. The molecule has 2 aromatic carbocycles. The fraction of sp³-hybridized carbons (Fsp3) is 0.364. The zero-order valence-electron chi connectivity index (χ0n) is 16.6. The molecule has 0 heterocycles. The summed E-state index contributed by atoms with van der Waals surface area (Å²) in [5, 5.41) is 0. The van der Waals surface area contributed by atoms with E-state index in [0.29, 0.717) is 5.56 Å². The molecule has 0 saturated heterocycles. The number of carbonyl (C=O) groups is 1. The Morgan fingerprint density at radius 3 is 2.38 bits per heavy atom. The van der Waals surface area contributed by atoms with E-state index in [-0.39, 0.29) is 12.6 Å². The molecule has 0 aromatic heterocycles. The highest BCUT2D eigenvalue weighted by atomic mass is 16.5. The van der Waals surface area contributed by atoms with Crippen LogP contribution in [0.4, 0.5) is 5.69 Å². The van der Waals surface area contributed by atoms with Gasteiger partial charge in [-0.1, -0.05) is 29.8 Å². The molecule has 4 nitrogen and oxygen atoms in total. The number of aryl methyl sites for hydroxylation is 2. The van der Waals surface area contributed by atoms with Crippen LogP contribution >= 0.6 is 0 Å². The first-order valence-electron chi connectivity index (χ1n) is 8.91. The van der Waals surface area contributed by atoms with Crippen molar-refractivity contribution in [2.75, 3.05) is 13.6 Å². The first-order valence-corrected chi connectivity index (χ1v) is 8.91. The van der Waals surface area contributed by atoms with Crippen LogP contribution in [0.1, 0.15) is 45.1 Å². The fourth-order valence-corrected chi connectivity index (χ4v) is 2.63. The summed E-state index contributed by atoms with van der Waals surface area (Å²) >= 11 is 0. The van der Waals surface area contributed by atoms with Crippen LogP contribution in [0.3, 0.4) is 0 Å². The van der Waals surface area contributed by atoms with Crippen molar-refractivity contribution < 1.29 is 9.53 Å². The Balaban J connectivity index is 2.20. The fourth-order valence-electron chi connectivity index (χ4n) is 2.63. The molecule has 0 atom stereocenters. The lowest BCUT2D eigenvalue weighted by Crippen LogP contribution is -2.14. The summed E-state index contributed by atoms with van der Waals surface area (Å²) in [6, 6.07) is 9.87. The number of nitrogens with zero attached hydrogens (tertiary/aromatic N) is 2. The second kappa shape index (κ2) is 8.65. The third-order valence-electron chi connectivity index (χ3n) is 4.65. The average molecular weight is 352 g/mol. The Morgan fingerprint density at radius 1 is 1.12 bits per heavy atom. The summed E-state index contributed by atoms with van der Waals surface area (Å²) in [6.45, 7) is 11.2. The van der Waals surface area contributed by atoms with Gasteiger partial charge < -0.3 is 9.64 Å². The third kappa shape index (κ3) is 4.72. The van der Waals surface area contributed by atoms with Crippen LogP contribution in [0.15, 0.2) is 35.3 Å². The quantitative estimate of drug-likeness (QED) is 0.422. The van der Waals surface area contributed by atoms with Crippen LogP contribution in [0.25, 0.3) is 0 Å². The molecule has 2 rings (SSSR count). The number of hydrogen-bond acceptors (Lipinski definition) is 3. The Bertz CT molecular complexity index is 808. The van der Waals surface area contributed by atoms with Gasteiger partial charge in [0.05, 0.1) is 17.6 Å². The summed E-state index contributed by atoms with van der Waals surface area (Å²) in [6.07, 6.45) is 1.82. The predicted octanol–water partition coefficient (Wildman–Crippen LogP) is 4.89. The topological polar surface area (TPSA) is 41.9 Å². The maximum atomic E-state index is 12.6. The molecule has 26 heavy (non-hydrogen) atoms. The largest absolute Gasteiger partial charge is 0.457 e. The van der Waals surface area contributed by atoms with Crippen molar-refractivity contribution in [3.05, 3.63) is 63.7 Å². The highest BCUT2D eigenvalue weighted by Gasteiger charge is 2.16. The molecule has 0 unspecified atom stereocenters. The van der Waals surface area contributed by atoms with Gasteiger partial charge in [-0.05, 0) is 62.9 Å². The van der Waals surface area contributed by atoms with E-state index in [1.807, 2.05) is 76.3 Å². The zero-order chi connectivity index (χ0) is 19.3. The van der Waals surface area contributed by atoms with Gasteiger partial charge in [-0.3, -0.25) is 0 Å². The maximum absolute atomic E-state index is 12.6. The minimum Gasteiger partial charge on any atom is -0.457 e. The van der Waals surface area contributed by atoms with Crippen molar-refractivity contribution >= 4 is 18.0 Å². The summed E-state index contributed by atoms with van der Waals surface area (Å²) in [7, 11) is 1.98. The summed E-state index contributed by atoms with van der Waals surface area (Å²) in [5.74, 6) is -0.296. The normalized spacial score (nSPS) is 11.0. The van der Waals surface area contributed by atoms with Crippen molar-refractivity contribution in [2.45, 2.75) is 41.2 Å². The Labute approximate surface area is 156 Å². The Morgan fingerprint density at radius 2 is 1.77 bits per heavy atom. The minimum absolute atomic E-state index is 0.276. The number of carbonyl (C=O) groups excluding carboxylic acids is 1. The Kier molecular flexibility index (Phi) is 6.56. The number of ether oxygens (including phenoxy) is 1. The molecule has 0 aliphatic heterocycles. The van der Waals surface area contributed by atoms with Gasteiger partial charge >= 0.3 is 5.97 Å². The van der Waals surface area contributed by atoms with Crippen LogP contribution in [-0.2, 0) is 11.3 Å². The lowest BCUT2D eigenvalue weighted by atomic mass is 9.97. The lowest BCUT2D eigenvalue weighted by molar-refractivity contribution is 0.0471. The second-order valence-electron chi connectivity index (χ2n) is 6.72. The highest BCUT2D eigenvalue weighted by molar-refractivity contribution is 5.93. The van der Waals surface area contributed by atoms with Gasteiger partial charge in [0, 0.05) is 13.6 Å². The molecular weight excluding hydrogens is 324 g/mol. The first kappa shape index (κ1) is 19.7. The molecule has 0 spiro atoms. The summed E-state index contributed by atoms with van der Waals surface area (Å²) in [4.78, 5) is 19.2. The number of rotatable bonds is 6. The predicted molar refractivity (Wildman–Crippen MR) is 107 cm³/mol. The van der Waals surface area contributed by atoms with Gasteiger partial charge in [0.25, 0.3) is 0 Å². The summed E-state index contributed by atoms with van der Waals surface area (Å²) < 4.78 is 5.51. The van der Waals surface area contributed by atoms with Crippen molar-refractivity contribution in [1.29, 1.82) is 0 Å². The van der Waals surface area contributed by atoms with Gasteiger partial charge in [-0.25, -0.2) is 9.79 Å². The summed E-state index contributed by atoms with van der Waals surface area (Å²) in [5.41, 5.74) is 6.58. The standard InChI is InChI=1S/C22H28N2O2/c1-7-24(6)14-23-21-16(3)12-20(17(4)18(21)5)22(25)26-13-19-10-8-15(2)9-11-19/h8-12,14H,7,13H2,1-6H3/b23-14+. The van der Waals surface area contributed by atoms with Crippen LogP contribution in [0.5, 0.6) is 0 Å². The molecule has 0 fully saturated rings. The molecule has 0 aliphatic rings. The van der Waals surface area contributed by atoms with Crippen molar-refractivity contribution in [3.63, 3.8) is 0 Å². The van der Waals surface area contributed by atoms with E-state index in [1.165, 1.54) is 5.56 Å². The molecule has 0 saturated carbocycles. The molecular formula is C22H28N2O2. The molecule has 0 aliphatic carbocycles. The SMILES string of the molecule is CCN(C)/C=N/c1c(C)cc(C(=O)OCc2ccc(C)cc2)c(C)c1C. The van der Waals surface area contributed by atoms with Gasteiger partial charge in [-0.2, -0.15) is 0 Å². The highest BCUT2D eigenvalue weighted by Crippen LogP contribution is 2.29. The van der Waals surface area contributed by atoms with E-state index >= 15 is 0 Å². The zero-order valence-corrected chi connectivity index (χ0v) is 16.6.